The van der Waals surface area contributed by atoms with Gasteiger partial charge in [-0.05, 0) is 49.2 Å². The standard InChI is InChI=1S/C23H25ClN4O3S/c1-5-9-28-20(13-31-19-10-15(2)22(24)16(3)11-19)26-27-23(28)32-14-21(29)25-17-7-6-8-18(12-17)30-4/h5-8,10-12H,1,9,13-14H2,2-4H3,(H,25,29). The van der Waals surface area contributed by atoms with Gasteiger partial charge in [-0.2, -0.15) is 0 Å². The molecule has 2 aromatic carbocycles. The highest BCUT2D eigenvalue weighted by Gasteiger charge is 2.15. The van der Waals surface area contributed by atoms with E-state index in [1.165, 1.54) is 11.8 Å². The monoisotopic (exact) mass is 472 g/mol. The quantitative estimate of drug-likeness (QED) is 0.328. The lowest BCUT2D eigenvalue weighted by atomic mass is 10.1. The molecule has 3 aromatic rings. The minimum absolute atomic E-state index is 0.152. The van der Waals surface area contributed by atoms with Crippen molar-refractivity contribution in [2.24, 2.45) is 0 Å². The van der Waals surface area contributed by atoms with Gasteiger partial charge in [-0.25, -0.2) is 0 Å². The first kappa shape index (κ1) is 23.7. The molecule has 0 aliphatic rings. The van der Waals surface area contributed by atoms with Crippen molar-refractivity contribution in [3.8, 4) is 11.5 Å². The van der Waals surface area contributed by atoms with E-state index in [9.17, 15) is 4.79 Å². The minimum atomic E-state index is -0.152. The third kappa shape index (κ3) is 6.05. The highest BCUT2D eigenvalue weighted by atomic mass is 35.5. The Hall–Kier alpha value is -2.97. The summed E-state index contributed by atoms with van der Waals surface area (Å²) < 4.78 is 13.0. The van der Waals surface area contributed by atoms with Crippen molar-refractivity contribution in [3.63, 3.8) is 0 Å². The van der Waals surface area contributed by atoms with Crippen LogP contribution in [0.15, 0.2) is 54.2 Å². The molecule has 0 saturated carbocycles. The first-order valence-corrected chi connectivity index (χ1v) is 11.3. The maximum Gasteiger partial charge on any atom is 0.234 e. The SMILES string of the molecule is C=CCn1c(COc2cc(C)c(Cl)c(C)c2)nnc1SCC(=O)Nc1cccc(OC)c1. The van der Waals surface area contributed by atoms with Gasteiger partial charge >= 0.3 is 0 Å². The van der Waals surface area contributed by atoms with Gasteiger partial charge in [0, 0.05) is 23.3 Å². The van der Waals surface area contributed by atoms with Gasteiger partial charge in [0.1, 0.15) is 18.1 Å². The van der Waals surface area contributed by atoms with Crippen LogP contribution in [0.1, 0.15) is 17.0 Å². The van der Waals surface area contributed by atoms with Crippen molar-refractivity contribution in [2.75, 3.05) is 18.2 Å². The molecule has 0 spiro atoms. The second-order valence-corrected chi connectivity index (χ2v) is 8.35. The van der Waals surface area contributed by atoms with E-state index in [-0.39, 0.29) is 18.3 Å². The van der Waals surface area contributed by atoms with Gasteiger partial charge in [-0.1, -0.05) is 35.5 Å². The van der Waals surface area contributed by atoms with Crippen LogP contribution < -0.4 is 14.8 Å². The number of aromatic nitrogens is 3. The molecule has 0 radical (unpaired) electrons. The van der Waals surface area contributed by atoms with Crippen LogP contribution >= 0.6 is 23.4 Å². The third-order valence-corrected chi connectivity index (χ3v) is 6.13. The van der Waals surface area contributed by atoms with Crippen LogP contribution in [-0.2, 0) is 17.9 Å². The molecule has 7 nitrogen and oxygen atoms in total. The molecule has 32 heavy (non-hydrogen) atoms. The molecule has 1 aromatic heterocycles. The minimum Gasteiger partial charge on any atom is -0.497 e. The molecule has 0 fully saturated rings. The average molecular weight is 473 g/mol. The molecule has 3 rings (SSSR count). The molecule has 0 aliphatic carbocycles. The normalized spacial score (nSPS) is 10.6. The predicted molar refractivity (Wildman–Crippen MR) is 128 cm³/mol. The molecule has 1 heterocycles. The van der Waals surface area contributed by atoms with E-state index >= 15 is 0 Å². The molecule has 1 amide bonds. The largest absolute Gasteiger partial charge is 0.497 e. The Balaban J connectivity index is 1.63. The van der Waals surface area contributed by atoms with Gasteiger partial charge < -0.3 is 14.8 Å². The van der Waals surface area contributed by atoms with Crippen LogP contribution in [0.25, 0.3) is 0 Å². The van der Waals surface area contributed by atoms with Gasteiger partial charge in [-0.3, -0.25) is 9.36 Å². The number of rotatable bonds is 10. The lowest BCUT2D eigenvalue weighted by Crippen LogP contribution is -2.15. The Morgan fingerprint density at radius 2 is 1.97 bits per heavy atom. The number of methoxy groups -OCH3 is 1. The maximum absolute atomic E-state index is 12.4. The van der Waals surface area contributed by atoms with Gasteiger partial charge in [-0.15, -0.1) is 16.8 Å². The zero-order valence-corrected chi connectivity index (χ0v) is 19.8. The van der Waals surface area contributed by atoms with Gasteiger partial charge in [0.15, 0.2) is 11.0 Å². The van der Waals surface area contributed by atoms with E-state index in [2.05, 4.69) is 22.1 Å². The van der Waals surface area contributed by atoms with Crippen molar-refractivity contribution in [1.82, 2.24) is 14.8 Å². The van der Waals surface area contributed by atoms with Crippen LogP contribution in [0.4, 0.5) is 5.69 Å². The second-order valence-electron chi connectivity index (χ2n) is 7.03. The second kappa shape index (κ2) is 11.1. The van der Waals surface area contributed by atoms with E-state index in [0.29, 0.717) is 34.7 Å². The Bertz CT molecular complexity index is 1090. The van der Waals surface area contributed by atoms with Crippen molar-refractivity contribution >= 4 is 35.0 Å². The summed E-state index contributed by atoms with van der Waals surface area (Å²) in [5.74, 6) is 2.07. The van der Waals surface area contributed by atoms with Crippen LogP contribution in [0, 0.1) is 13.8 Å². The number of ether oxygens (including phenoxy) is 2. The molecule has 0 bridgehead atoms. The number of carbonyl (C=O) groups excluding carboxylic acids is 1. The smallest absolute Gasteiger partial charge is 0.234 e. The topological polar surface area (TPSA) is 78.3 Å². The molecule has 9 heteroatoms. The van der Waals surface area contributed by atoms with Gasteiger partial charge in [0.25, 0.3) is 0 Å². The van der Waals surface area contributed by atoms with Crippen LogP contribution in [0.2, 0.25) is 5.02 Å². The van der Waals surface area contributed by atoms with Crippen molar-refractivity contribution in [3.05, 3.63) is 71.0 Å². The summed E-state index contributed by atoms with van der Waals surface area (Å²) in [6.07, 6.45) is 1.75. The van der Waals surface area contributed by atoms with Gasteiger partial charge in [0.05, 0.1) is 12.9 Å². The molecule has 0 atom stereocenters. The van der Waals surface area contributed by atoms with Crippen molar-refractivity contribution in [1.29, 1.82) is 0 Å². The Labute approximate surface area is 196 Å². The lowest BCUT2D eigenvalue weighted by molar-refractivity contribution is -0.113. The van der Waals surface area contributed by atoms with E-state index in [1.807, 2.05) is 42.7 Å². The predicted octanol–water partition coefficient (Wildman–Crippen LogP) is 5.05. The zero-order valence-electron chi connectivity index (χ0n) is 18.2. The van der Waals surface area contributed by atoms with E-state index < -0.39 is 0 Å². The highest BCUT2D eigenvalue weighted by Crippen LogP contribution is 2.27. The maximum atomic E-state index is 12.4. The van der Waals surface area contributed by atoms with Crippen molar-refractivity contribution in [2.45, 2.75) is 32.2 Å². The summed E-state index contributed by atoms with van der Waals surface area (Å²) in [4.78, 5) is 12.4. The number of hydrogen-bond donors (Lipinski definition) is 1. The summed E-state index contributed by atoms with van der Waals surface area (Å²) in [6.45, 7) is 8.42. The summed E-state index contributed by atoms with van der Waals surface area (Å²) in [5.41, 5.74) is 2.57. The zero-order chi connectivity index (χ0) is 23.1. The molecular weight excluding hydrogens is 448 g/mol. The number of nitrogens with zero attached hydrogens (tertiary/aromatic N) is 3. The van der Waals surface area contributed by atoms with Crippen LogP contribution in [0.3, 0.4) is 0 Å². The lowest BCUT2D eigenvalue weighted by Gasteiger charge is -2.11. The number of carbonyl (C=O) groups is 1. The van der Waals surface area contributed by atoms with Crippen LogP contribution in [0.5, 0.6) is 11.5 Å². The Morgan fingerprint density at radius 1 is 1.22 bits per heavy atom. The number of anilines is 1. The van der Waals surface area contributed by atoms with E-state index in [1.54, 1.807) is 25.3 Å². The fourth-order valence-corrected chi connectivity index (χ4v) is 3.89. The summed E-state index contributed by atoms with van der Waals surface area (Å²) in [7, 11) is 1.58. The number of thioether (sulfide) groups is 1. The first-order chi connectivity index (χ1) is 15.4. The number of halogens is 1. The molecule has 1 N–H and O–H groups in total. The van der Waals surface area contributed by atoms with Crippen LogP contribution in [-0.4, -0.2) is 33.5 Å². The third-order valence-electron chi connectivity index (χ3n) is 4.57. The number of benzene rings is 2. The Kier molecular flexibility index (Phi) is 8.19. The first-order valence-electron chi connectivity index (χ1n) is 9.90. The molecule has 0 aliphatic heterocycles. The Morgan fingerprint density at radius 3 is 2.66 bits per heavy atom. The molecule has 168 valence electrons. The number of hydrogen-bond acceptors (Lipinski definition) is 6. The summed E-state index contributed by atoms with van der Waals surface area (Å²) in [5, 5.41) is 12.7. The summed E-state index contributed by atoms with van der Waals surface area (Å²) >= 11 is 7.53. The van der Waals surface area contributed by atoms with E-state index in [4.69, 9.17) is 21.1 Å². The number of allylic oxidation sites excluding steroid dienone is 1. The fraction of sp³-hybridized carbons (Fsp3) is 0.261. The number of amides is 1. The highest BCUT2D eigenvalue weighted by molar-refractivity contribution is 7.99. The van der Waals surface area contributed by atoms with Crippen molar-refractivity contribution < 1.29 is 14.3 Å². The molecule has 0 saturated heterocycles. The van der Waals surface area contributed by atoms with E-state index in [0.717, 1.165) is 16.1 Å². The number of nitrogens with one attached hydrogen (secondary N) is 1. The number of aryl methyl sites for hydroxylation is 2. The molecule has 0 unspecified atom stereocenters. The van der Waals surface area contributed by atoms with Gasteiger partial charge in [0.2, 0.25) is 5.91 Å². The molecular formula is C23H25ClN4O3S. The average Bonchev–Trinajstić information content (AvgIpc) is 3.16. The summed E-state index contributed by atoms with van der Waals surface area (Å²) in [6, 6.07) is 11.0. The fourth-order valence-electron chi connectivity index (χ4n) is 3.01.